The highest BCUT2D eigenvalue weighted by atomic mass is 16.3. The molecular weight excluding hydrogens is 302 g/mol. The molecule has 1 saturated heterocycles. The Bertz CT molecular complexity index is 763. The Balaban J connectivity index is 1.56. The molecule has 5 nitrogen and oxygen atoms in total. The number of carbonyl (C=O) groups is 1. The minimum absolute atomic E-state index is 0.0578. The number of aryl methyl sites for hydroxylation is 2. The lowest BCUT2D eigenvalue weighted by atomic mass is 10.1. The van der Waals surface area contributed by atoms with E-state index in [1.54, 1.807) is 0 Å². The summed E-state index contributed by atoms with van der Waals surface area (Å²) in [6.45, 7) is 7.68. The predicted molar refractivity (Wildman–Crippen MR) is 90.5 cm³/mol. The lowest BCUT2D eigenvalue weighted by Gasteiger charge is -2.34. The molecule has 1 aliphatic rings. The van der Waals surface area contributed by atoms with Crippen molar-refractivity contribution in [2.75, 3.05) is 26.2 Å². The second-order valence-corrected chi connectivity index (χ2v) is 6.20. The minimum Gasteiger partial charge on any atom is -0.466 e. The lowest BCUT2D eigenvalue weighted by molar-refractivity contribution is 0.0627. The van der Waals surface area contributed by atoms with Crippen LogP contribution in [0.5, 0.6) is 0 Å². The third-order valence-electron chi connectivity index (χ3n) is 4.42. The zero-order valence-corrected chi connectivity index (χ0v) is 14.1. The molecule has 0 saturated carbocycles. The van der Waals surface area contributed by atoms with Crippen molar-refractivity contribution in [2.24, 2.45) is 0 Å². The molecule has 2 heterocycles. The average Bonchev–Trinajstić information content (AvgIpc) is 2.94. The third-order valence-corrected chi connectivity index (χ3v) is 4.42. The predicted octanol–water partition coefficient (Wildman–Crippen LogP) is 2.73. The fourth-order valence-corrected chi connectivity index (χ4v) is 3.07. The number of benzene rings is 1. The fourth-order valence-electron chi connectivity index (χ4n) is 3.07. The number of furan rings is 1. The highest BCUT2D eigenvalue weighted by molar-refractivity contribution is 5.95. The van der Waals surface area contributed by atoms with Gasteiger partial charge in [0, 0.05) is 32.7 Å². The van der Waals surface area contributed by atoms with E-state index >= 15 is 0 Å². The van der Waals surface area contributed by atoms with Crippen molar-refractivity contribution in [1.82, 2.24) is 9.80 Å². The van der Waals surface area contributed by atoms with Gasteiger partial charge in [0.25, 0.3) is 5.91 Å². The van der Waals surface area contributed by atoms with Gasteiger partial charge in [0.2, 0.25) is 0 Å². The summed E-state index contributed by atoms with van der Waals surface area (Å²) >= 11 is 0. The number of piperazine rings is 1. The van der Waals surface area contributed by atoms with Gasteiger partial charge in [0.05, 0.1) is 17.2 Å². The number of nitriles is 1. The molecule has 0 unspecified atom stereocenters. The maximum absolute atomic E-state index is 12.6. The molecule has 0 atom stereocenters. The molecule has 1 aromatic carbocycles. The van der Waals surface area contributed by atoms with Gasteiger partial charge < -0.3 is 9.32 Å². The number of hydrogen-bond donors (Lipinski definition) is 0. The van der Waals surface area contributed by atoms with E-state index < -0.39 is 0 Å². The largest absolute Gasteiger partial charge is 0.466 e. The van der Waals surface area contributed by atoms with Crippen LogP contribution in [-0.4, -0.2) is 41.9 Å². The lowest BCUT2D eigenvalue weighted by Crippen LogP contribution is -2.48. The van der Waals surface area contributed by atoms with Crippen LogP contribution in [-0.2, 0) is 6.54 Å². The van der Waals surface area contributed by atoms with E-state index in [0.29, 0.717) is 16.9 Å². The minimum atomic E-state index is 0.0578. The van der Waals surface area contributed by atoms with Gasteiger partial charge >= 0.3 is 0 Å². The van der Waals surface area contributed by atoms with Gasteiger partial charge in [0.15, 0.2) is 0 Å². The first-order valence-electron chi connectivity index (χ1n) is 8.14. The molecular formula is C19H21N3O2. The van der Waals surface area contributed by atoms with Crippen LogP contribution in [0.1, 0.15) is 33.0 Å². The highest BCUT2D eigenvalue weighted by Crippen LogP contribution is 2.18. The van der Waals surface area contributed by atoms with Crippen LogP contribution < -0.4 is 0 Å². The van der Waals surface area contributed by atoms with E-state index in [-0.39, 0.29) is 5.91 Å². The van der Waals surface area contributed by atoms with Crippen molar-refractivity contribution in [3.05, 3.63) is 58.5 Å². The number of rotatable bonds is 3. The highest BCUT2D eigenvalue weighted by Gasteiger charge is 2.24. The van der Waals surface area contributed by atoms with Gasteiger partial charge in [-0.3, -0.25) is 9.69 Å². The Morgan fingerprint density at radius 3 is 2.38 bits per heavy atom. The van der Waals surface area contributed by atoms with Crippen LogP contribution in [0, 0.1) is 25.2 Å². The number of amides is 1. The molecule has 124 valence electrons. The molecule has 3 rings (SSSR count). The molecule has 24 heavy (non-hydrogen) atoms. The summed E-state index contributed by atoms with van der Waals surface area (Å²) in [5.41, 5.74) is 2.54. The molecule has 0 bridgehead atoms. The van der Waals surface area contributed by atoms with Crippen LogP contribution in [0.4, 0.5) is 0 Å². The third kappa shape index (κ3) is 3.50. The molecule has 0 N–H and O–H groups in total. The van der Waals surface area contributed by atoms with Gasteiger partial charge in [-0.1, -0.05) is 12.1 Å². The van der Waals surface area contributed by atoms with Crippen molar-refractivity contribution in [2.45, 2.75) is 20.4 Å². The van der Waals surface area contributed by atoms with Crippen LogP contribution >= 0.6 is 0 Å². The van der Waals surface area contributed by atoms with E-state index in [4.69, 9.17) is 9.68 Å². The van der Waals surface area contributed by atoms with E-state index in [1.165, 1.54) is 5.56 Å². The Morgan fingerprint density at radius 1 is 1.17 bits per heavy atom. The molecule has 0 spiro atoms. The average molecular weight is 323 g/mol. The van der Waals surface area contributed by atoms with Crippen LogP contribution in [0.15, 0.2) is 34.7 Å². The smallest absolute Gasteiger partial charge is 0.257 e. The van der Waals surface area contributed by atoms with E-state index in [0.717, 1.165) is 38.5 Å². The molecule has 5 heteroatoms. The summed E-state index contributed by atoms with van der Waals surface area (Å²) in [6.07, 6.45) is 0. The van der Waals surface area contributed by atoms with Crippen LogP contribution in [0.3, 0.4) is 0 Å². The molecule has 0 aliphatic carbocycles. The molecule has 1 aliphatic heterocycles. The van der Waals surface area contributed by atoms with E-state index in [1.807, 2.05) is 49.1 Å². The summed E-state index contributed by atoms with van der Waals surface area (Å²) in [6, 6.07) is 11.6. The second kappa shape index (κ2) is 6.90. The first-order valence-corrected chi connectivity index (χ1v) is 8.14. The SMILES string of the molecule is Cc1cc(C(=O)N2CCN(Cc3ccc(C#N)cc3)CC2)c(C)o1. The zero-order valence-electron chi connectivity index (χ0n) is 14.1. The van der Waals surface area contributed by atoms with E-state index in [2.05, 4.69) is 11.0 Å². The summed E-state index contributed by atoms with van der Waals surface area (Å²) < 4.78 is 5.46. The van der Waals surface area contributed by atoms with Gasteiger partial charge in [-0.15, -0.1) is 0 Å². The van der Waals surface area contributed by atoms with Crippen LogP contribution in [0.2, 0.25) is 0 Å². The molecule has 2 aromatic rings. The molecule has 0 radical (unpaired) electrons. The Kier molecular flexibility index (Phi) is 4.68. The summed E-state index contributed by atoms with van der Waals surface area (Å²) in [7, 11) is 0. The van der Waals surface area contributed by atoms with Crippen molar-refractivity contribution in [1.29, 1.82) is 5.26 Å². The summed E-state index contributed by atoms with van der Waals surface area (Å²) in [5, 5.41) is 8.84. The Morgan fingerprint density at radius 2 is 1.83 bits per heavy atom. The van der Waals surface area contributed by atoms with Gasteiger partial charge in [-0.2, -0.15) is 5.26 Å². The van der Waals surface area contributed by atoms with Gasteiger partial charge in [-0.05, 0) is 37.6 Å². The number of nitrogens with zero attached hydrogens (tertiary/aromatic N) is 3. The second-order valence-electron chi connectivity index (χ2n) is 6.20. The quantitative estimate of drug-likeness (QED) is 0.871. The monoisotopic (exact) mass is 323 g/mol. The summed E-state index contributed by atoms with van der Waals surface area (Å²) in [5.74, 6) is 1.52. The van der Waals surface area contributed by atoms with Gasteiger partial charge in [0.1, 0.15) is 11.5 Å². The first kappa shape index (κ1) is 16.3. The zero-order chi connectivity index (χ0) is 17.1. The molecule has 1 fully saturated rings. The van der Waals surface area contributed by atoms with Crippen molar-refractivity contribution >= 4 is 5.91 Å². The maximum atomic E-state index is 12.6. The van der Waals surface area contributed by atoms with Gasteiger partial charge in [-0.25, -0.2) is 0 Å². The van der Waals surface area contributed by atoms with Crippen molar-refractivity contribution < 1.29 is 9.21 Å². The first-order chi connectivity index (χ1) is 11.6. The van der Waals surface area contributed by atoms with E-state index in [9.17, 15) is 4.79 Å². The number of hydrogen-bond acceptors (Lipinski definition) is 4. The molecule has 1 aromatic heterocycles. The molecule has 1 amide bonds. The Labute approximate surface area is 142 Å². The topological polar surface area (TPSA) is 60.5 Å². The Hall–Kier alpha value is -2.58. The van der Waals surface area contributed by atoms with Crippen molar-refractivity contribution in [3.63, 3.8) is 0 Å². The normalized spacial score (nSPS) is 15.3. The number of carbonyl (C=O) groups excluding carboxylic acids is 1. The standard InChI is InChI=1S/C19H21N3O2/c1-14-11-18(15(2)24-14)19(23)22-9-7-21(8-10-22)13-17-5-3-16(12-20)4-6-17/h3-6,11H,7-10,13H2,1-2H3. The maximum Gasteiger partial charge on any atom is 0.257 e. The summed E-state index contributed by atoms with van der Waals surface area (Å²) in [4.78, 5) is 16.8. The van der Waals surface area contributed by atoms with Crippen molar-refractivity contribution in [3.8, 4) is 6.07 Å². The van der Waals surface area contributed by atoms with Crippen LogP contribution in [0.25, 0.3) is 0 Å². The fraction of sp³-hybridized carbons (Fsp3) is 0.368.